The molecule has 0 radical (unpaired) electrons. The van der Waals surface area contributed by atoms with Gasteiger partial charge in [-0.1, -0.05) is 17.5 Å². The van der Waals surface area contributed by atoms with Gasteiger partial charge in [0.25, 0.3) is 0 Å². The average molecular weight is 315 g/mol. The summed E-state index contributed by atoms with van der Waals surface area (Å²) < 4.78 is 3.53. The fourth-order valence-electron chi connectivity index (χ4n) is 2.73. The van der Waals surface area contributed by atoms with Crippen LogP contribution < -0.4 is 4.90 Å². The number of terminal acetylenes is 1. The quantitative estimate of drug-likeness (QED) is 0.813. The molecular formula is C15H15ClN6. The van der Waals surface area contributed by atoms with Crippen LogP contribution in [0, 0.1) is 23.7 Å². The number of hydrogen-bond donors (Lipinski definition) is 0. The molecule has 0 bridgehead atoms. The van der Waals surface area contributed by atoms with Crippen molar-refractivity contribution < 1.29 is 0 Å². The van der Waals surface area contributed by atoms with Crippen LogP contribution in [0.15, 0.2) is 6.20 Å². The Morgan fingerprint density at radius 2 is 2.32 bits per heavy atom. The summed E-state index contributed by atoms with van der Waals surface area (Å²) in [5, 5.41) is 18.7. The third-order valence-corrected chi connectivity index (χ3v) is 4.15. The van der Waals surface area contributed by atoms with E-state index in [9.17, 15) is 5.26 Å². The van der Waals surface area contributed by atoms with Crippen LogP contribution >= 0.6 is 11.6 Å². The van der Waals surface area contributed by atoms with E-state index in [4.69, 9.17) is 18.0 Å². The molecule has 0 N–H and O–H groups in total. The highest BCUT2D eigenvalue weighted by atomic mass is 35.5. The molecule has 0 saturated heterocycles. The zero-order chi connectivity index (χ0) is 15.7. The van der Waals surface area contributed by atoms with Crippen LogP contribution in [0.5, 0.6) is 0 Å². The lowest BCUT2D eigenvalue weighted by molar-refractivity contribution is 0.484. The number of anilines is 1. The van der Waals surface area contributed by atoms with Crippen LogP contribution in [-0.2, 0) is 13.0 Å². The van der Waals surface area contributed by atoms with E-state index in [1.807, 2.05) is 11.7 Å². The topological polar surface area (TPSA) is 62.7 Å². The zero-order valence-electron chi connectivity index (χ0n) is 12.3. The molecule has 6 nitrogen and oxygen atoms in total. The molecule has 0 aliphatic carbocycles. The minimum absolute atomic E-state index is 0.367. The number of hydrogen-bond acceptors (Lipinski definition) is 4. The number of fused-ring (bicyclic) bond motifs is 1. The van der Waals surface area contributed by atoms with Crippen molar-refractivity contribution in [2.75, 3.05) is 18.5 Å². The van der Waals surface area contributed by atoms with Crippen LogP contribution in [0.25, 0.3) is 5.82 Å². The molecule has 0 atom stereocenters. The maximum atomic E-state index is 9.29. The summed E-state index contributed by atoms with van der Waals surface area (Å²) in [6, 6.07) is 2.13. The summed E-state index contributed by atoms with van der Waals surface area (Å²) in [6.45, 7) is 1.22. The summed E-state index contributed by atoms with van der Waals surface area (Å²) in [5.41, 5.74) is 1.47. The largest absolute Gasteiger partial charge is 0.347 e. The van der Waals surface area contributed by atoms with Crippen molar-refractivity contribution in [1.29, 1.82) is 5.26 Å². The standard InChI is InChI=1S/C15H15ClN6/c1-3-7-20(2)15-11(9-17)10-18-22(15)14-13(16)12-6-4-5-8-21(12)19-14/h1,10H,4-8H2,2H3. The zero-order valence-corrected chi connectivity index (χ0v) is 13.0. The SMILES string of the molecule is C#CCN(C)c1c(C#N)cnn1-c1nn2c(c1Cl)CCCC2. The number of aromatic nitrogens is 4. The predicted octanol–water partition coefficient (Wildman–Crippen LogP) is 2.00. The summed E-state index contributed by atoms with van der Waals surface area (Å²) in [5.74, 6) is 3.73. The van der Waals surface area contributed by atoms with Gasteiger partial charge < -0.3 is 4.90 Å². The highest BCUT2D eigenvalue weighted by molar-refractivity contribution is 6.32. The van der Waals surface area contributed by atoms with Crippen molar-refractivity contribution in [1.82, 2.24) is 19.6 Å². The second-order valence-electron chi connectivity index (χ2n) is 5.23. The van der Waals surface area contributed by atoms with E-state index in [-0.39, 0.29) is 0 Å². The van der Waals surface area contributed by atoms with Crippen LogP contribution in [-0.4, -0.2) is 33.2 Å². The van der Waals surface area contributed by atoms with Crippen molar-refractivity contribution >= 4 is 17.4 Å². The molecule has 0 spiro atoms. The van der Waals surface area contributed by atoms with Gasteiger partial charge in [-0.3, -0.25) is 4.68 Å². The van der Waals surface area contributed by atoms with E-state index in [2.05, 4.69) is 22.2 Å². The Hall–Kier alpha value is -2.44. The van der Waals surface area contributed by atoms with Gasteiger partial charge in [-0.15, -0.1) is 6.42 Å². The van der Waals surface area contributed by atoms with Crippen LogP contribution in [0.2, 0.25) is 5.02 Å². The molecule has 0 aromatic carbocycles. The fraction of sp³-hybridized carbons (Fsp3) is 0.400. The fourth-order valence-corrected chi connectivity index (χ4v) is 3.04. The summed E-state index contributed by atoms with van der Waals surface area (Å²) >= 11 is 6.50. The smallest absolute Gasteiger partial charge is 0.196 e. The predicted molar refractivity (Wildman–Crippen MR) is 84.1 cm³/mol. The molecule has 112 valence electrons. The average Bonchev–Trinajstić information content (AvgIpc) is 3.09. The molecule has 22 heavy (non-hydrogen) atoms. The Morgan fingerprint density at radius 1 is 1.50 bits per heavy atom. The Morgan fingerprint density at radius 3 is 3.00 bits per heavy atom. The molecule has 0 fully saturated rings. The maximum absolute atomic E-state index is 9.29. The molecule has 1 aliphatic heterocycles. The van der Waals surface area contributed by atoms with Crippen LogP contribution in [0.1, 0.15) is 24.1 Å². The summed E-state index contributed by atoms with van der Waals surface area (Å²) in [6.07, 6.45) is 10.00. The van der Waals surface area contributed by atoms with E-state index < -0.39 is 0 Å². The van der Waals surface area contributed by atoms with Gasteiger partial charge in [0, 0.05) is 13.6 Å². The third kappa shape index (κ3) is 2.22. The first-order valence-corrected chi connectivity index (χ1v) is 7.43. The number of rotatable bonds is 3. The molecule has 1 aliphatic rings. The molecule has 0 saturated carbocycles. The number of halogens is 1. The van der Waals surface area contributed by atoms with Crippen molar-refractivity contribution in [3.63, 3.8) is 0 Å². The Kier molecular flexibility index (Phi) is 3.79. The van der Waals surface area contributed by atoms with E-state index >= 15 is 0 Å². The van der Waals surface area contributed by atoms with Gasteiger partial charge in [0.15, 0.2) is 11.6 Å². The molecule has 7 heteroatoms. The van der Waals surface area contributed by atoms with Crippen molar-refractivity contribution in [2.24, 2.45) is 0 Å². The molecule has 0 unspecified atom stereocenters. The summed E-state index contributed by atoms with van der Waals surface area (Å²) in [4.78, 5) is 1.79. The lowest BCUT2D eigenvalue weighted by Crippen LogP contribution is -2.21. The Balaban J connectivity index is 2.14. The van der Waals surface area contributed by atoms with Crippen molar-refractivity contribution in [3.05, 3.63) is 22.5 Å². The molecule has 0 amide bonds. The first kappa shape index (κ1) is 14.5. The van der Waals surface area contributed by atoms with Gasteiger partial charge in [-0.2, -0.15) is 20.1 Å². The first-order valence-electron chi connectivity index (χ1n) is 7.05. The van der Waals surface area contributed by atoms with Crippen LogP contribution in [0.3, 0.4) is 0 Å². The highest BCUT2D eigenvalue weighted by Crippen LogP contribution is 2.31. The Bertz CT molecular complexity index is 788. The maximum Gasteiger partial charge on any atom is 0.196 e. The first-order chi connectivity index (χ1) is 10.7. The molecule has 2 aromatic heterocycles. The molecule has 3 heterocycles. The normalized spacial score (nSPS) is 13.3. The van der Waals surface area contributed by atoms with E-state index in [1.165, 1.54) is 6.20 Å². The van der Waals surface area contributed by atoms with Gasteiger partial charge in [0.2, 0.25) is 0 Å². The van der Waals surface area contributed by atoms with Gasteiger partial charge in [-0.25, -0.2) is 0 Å². The third-order valence-electron chi connectivity index (χ3n) is 3.77. The van der Waals surface area contributed by atoms with Gasteiger partial charge >= 0.3 is 0 Å². The number of nitriles is 1. The number of aryl methyl sites for hydroxylation is 1. The lowest BCUT2D eigenvalue weighted by atomic mass is 10.1. The van der Waals surface area contributed by atoms with Crippen LogP contribution in [0.4, 0.5) is 5.82 Å². The minimum atomic E-state index is 0.367. The monoisotopic (exact) mass is 314 g/mol. The molecule has 2 aromatic rings. The lowest BCUT2D eigenvalue weighted by Gasteiger charge is -2.17. The Labute approximate surface area is 133 Å². The van der Waals surface area contributed by atoms with Crippen molar-refractivity contribution in [3.8, 4) is 24.2 Å². The minimum Gasteiger partial charge on any atom is -0.347 e. The van der Waals surface area contributed by atoms with Crippen molar-refractivity contribution in [2.45, 2.75) is 25.8 Å². The van der Waals surface area contributed by atoms with Gasteiger partial charge in [0.05, 0.1) is 18.4 Å². The van der Waals surface area contributed by atoms with Gasteiger partial charge in [-0.05, 0) is 19.3 Å². The highest BCUT2D eigenvalue weighted by Gasteiger charge is 2.24. The molecule has 3 rings (SSSR count). The van der Waals surface area contributed by atoms with Gasteiger partial charge in [0.1, 0.15) is 16.7 Å². The second kappa shape index (κ2) is 5.75. The van der Waals surface area contributed by atoms with E-state index in [0.29, 0.717) is 28.8 Å². The van der Waals surface area contributed by atoms with E-state index in [0.717, 1.165) is 31.5 Å². The second-order valence-corrected chi connectivity index (χ2v) is 5.61. The number of nitrogens with zero attached hydrogens (tertiary/aromatic N) is 6. The van der Waals surface area contributed by atoms with E-state index in [1.54, 1.807) is 9.58 Å². The summed E-state index contributed by atoms with van der Waals surface area (Å²) in [7, 11) is 1.82. The molecular weight excluding hydrogens is 300 g/mol.